The van der Waals surface area contributed by atoms with E-state index in [0.29, 0.717) is 12.1 Å². The van der Waals surface area contributed by atoms with Crippen molar-refractivity contribution in [1.82, 2.24) is 0 Å². The largest absolute Gasteiger partial charge is 0.416 e. The number of sulfonamides is 1. The Morgan fingerprint density at radius 3 is 2.00 bits per heavy atom. The Morgan fingerprint density at radius 2 is 1.60 bits per heavy atom. The van der Waals surface area contributed by atoms with Gasteiger partial charge in [0.1, 0.15) is 10.7 Å². The van der Waals surface area contributed by atoms with Crippen LogP contribution in [0.2, 0.25) is 0 Å². The fraction of sp³-hybridized carbons (Fsp3) is 0.333. The van der Waals surface area contributed by atoms with Crippen LogP contribution >= 0.6 is 0 Å². The molecule has 0 amide bonds. The number of rotatable bonds is 4. The normalized spacial score (nSPS) is 13.4. The summed E-state index contributed by atoms with van der Waals surface area (Å²) in [4.78, 5) is -1.01. The van der Waals surface area contributed by atoms with Gasteiger partial charge in [-0.3, -0.25) is 0 Å². The molecule has 114 valence electrons. The SMILES string of the molecule is NS(=O)(=O)CCS(=O)(=O)c1ccc(C(F)(F)F)cc1F. The molecule has 2 N–H and O–H groups in total. The van der Waals surface area contributed by atoms with Crippen molar-refractivity contribution >= 4 is 19.9 Å². The van der Waals surface area contributed by atoms with Crippen molar-refractivity contribution in [3.63, 3.8) is 0 Å². The van der Waals surface area contributed by atoms with Crippen LogP contribution in [0.25, 0.3) is 0 Å². The van der Waals surface area contributed by atoms with Gasteiger partial charge in [-0.05, 0) is 18.2 Å². The molecule has 0 bridgehead atoms. The number of alkyl halides is 3. The van der Waals surface area contributed by atoms with Crippen molar-refractivity contribution in [2.45, 2.75) is 11.1 Å². The van der Waals surface area contributed by atoms with Crippen LogP contribution in [0.15, 0.2) is 23.1 Å². The van der Waals surface area contributed by atoms with Crippen LogP contribution in [0.1, 0.15) is 5.56 Å². The van der Waals surface area contributed by atoms with Crippen LogP contribution in [-0.4, -0.2) is 28.3 Å². The molecule has 0 saturated heterocycles. The molecule has 0 aliphatic rings. The average molecular weight is 335 g/mol. The third-order valence-electron chi connectivity index (χ3n) is 2.23. The van der Waals surface area contributed by atoms with Crippen LogP contribution in [0.3, 0.4) is 0 Å². The van der Waals surface area contributed by atoms with Crippen LogP contribution in [-0.2, 0) is 26.0 Å². The van der Waals surface area contributed by atoms with Gasteiger partial charge in [0.05, 0.1) is 17.1 Å². The third kappa shape index (κ3) is 4.42. The van der Waals surface area contributed by atoms with Gasteiger partial charge in [-0.1, -0.05) is 0 Å². The molecule has 0 unspecified atom stereocenters. The summed E-state index contributed by atoms with van der Waals surface area (Å²) in [7, 11) is -8.48. The number of hydrogen-bond donors (Lipinski definition) is 1. The van der Waals surface area contributed by atoms with E-state index in [4.69, 9.17) is 0 Å². The van der Waals surface area contributed by atoms with Crippen molar-refractivity contribution in [3.8, 4) is 0 Å². The second-order valence-electron chi connectivity index (χ2n) is 3.83. The lowest BCUT2D eigenvalue weighted by Gasteiger charge is -2.09. The predicted molar refractivity (Wildman–Crippen MR) is 61.4 cm³/mol. The summed E-state index contributed by atoms with van der Waals surface area (Å²) in [6, 6.07) is 0.868. The monoisotopic (exact) mass is 335 g/mol. The van der Waals surface area contributed by atoms with Gasteiger partial charge in [-0.15, -0.1) is 0 Å². The minimum absolute atomic E-state index is 0.0316. The molecule has 1 aromatic rings. The maximum absolute atomic E-state index is 13.4. The second kappa shape index (κ2) is 5.30. The summed E-state index contributed by atoms with van der Waals surface area (Å²) in [5.41, 5.74) is -1.35. The third-order valence-corrected chi connectivity index (χ3v) is 5.01. The number of hydrogen-bond acceptors (Lipinski definition) is 4. The summed E-state index contributed by atoms with van der Waals surface area (Å²) in [5.74, 6) is -3.58. The van der Waals surface area contributed by atoms with Crippen LogP contribution in [0.5, 0.6) is 0 Å². The zero-order chi connectivity index (χ0) is 15.8. The maximum atomic E-state index is 13.4. The van der Waals surface area contributed by atoms with Gasteiger partial charge < -0.3 is 0 Å². The first-order valence-corrected chi connectivity index (χ1v) is 8.30. The lowest BCUT2D eigenvalue weighted by Crippen LogP contribution is -2.23. The topological polar surface area (TPSA) is 94.3 Å². The lowest BCUT2D eigenvalue weighted by molar-refractivity contribution is -0.137. The molecule has 5 nitrogen and oxygen atoms in total. The molecule has 0 saturated carbocycles. The van der Waals surface area contributed by atoms with Crippen LogP contribution < -0.4 is 5.14 Å². The molecule has 0 fully saturated rings. The first-order valence-electron chi connectivity index (χ1n) is 4.93. The summed E-state index contributed by atoms with van der Waals surface area (Å²) < 4.78 is 94.8. The van der Waals surface area contributed by atoms with Crippen molar-refractivity contribution in [2.24, 2.45) is 5.14 Å². The summed E-state index contributed by atoms with van der Waals surface area (Å²) >= 11 is 0. The second-order valence-corrected chi connectivity index (χ2v) is 7.64. The fourth-order valence-corrected chi connectivity index (χ4v) is 3.92. The molecule has 0 aromatic heterocycles. The zero-order valence-electron chi connectivity index (χ0n) is 9.68. The van der Waals surface area contributed by atoms with Gasteiger partial charge >= 0.3 is 6.18 Å². The first-order chi connectivity index (χ1) is 8.83. The Labute approximate surface area is 112 Å². The molecular weight excluding hydrogens is 326 g/mol. The van der Waals surface area contributed by atoms with Gasteiger partial charge in [0.25, 0.3) is 0 Å². The van der Waals surface area contributed by atoms with E-state index in [9.17, 15) is 34.4 Å². The Hall–Kier alpha value is -1.20. The number of sulfone groups is 1. The van der Waals surface area contributed by atoms with E-state index in [1.807, 2.05) is 0 Å². The minimum atomic E-state index is -4.82. The van der Waals surface area contributed by atoms with E-state index in [2.05, 4.69) is 5.14 Å². The molecule has 11 heteroatoms. The van der Waals surface area contributed by atoms with Crippen molar-refractivity contribution in [2.75, 3.05) is 11.5 Å². The summed E-state index contributed by atoms with van der Waals surface area (Å²) in [6.45, 7) is 0. The quantitative estimate of drug-likeness (QED) is 0.828. The molecule has 1 rings (SSSR count). The average Bonchev–Trinajstić information content (AvgIpc) is 2.24. The highest BCUT2D eigenvalue weighted by atomic mass is 32.2. The molecule has 0 aliphatic carbocycles. The Kier molecular flexibility index (Phi) is 4.46. The van der Waals surface area contributed by atoms with E-state index < -0.39 is 53.8 Å². The van der Waals surface area contributed by atoms with E-state index in [1.165, 1.54) is 0 Å². The standard InChI is InChI=1S/C9H9F4NO4S2/c10-7-5-6(9(11,12)13)1-2-8(7)19(15,16)3-4-20(14,17)18/h1-2,5H,3-4H2,(H2,14,17,18). The number of benzene rings is 1. The molecule has 20 heavy (non-hydrogen) atoms. The van der Waals surface area contributed by atoms with Crippen molar-refractivity contribution in [1.29, 1.82) is 0 Å². The zero-order valence-corrected chi connectivity index (χ0v) is 11.3. The van der Waals surface area contributed by atoms with Crippen LogP contribution in [0, 0.1) is 5.82 Å². The molecule has 0 heterocycles. The van der Waals surface area contributed by atoms with E-state index in [1.54, 1.807) is 0 Å². The lowest BCUT2D eigenvalue weighted by atomic mass is 10.2. The van der Waals surface area contributed by atoms with E-state index in [0.717, 1.165) is 0 Å². The minimum Gasteiger partial charge on any atom is -0.229 e. The van der Waals surface area contributed by atoms with Gasteiger partial charge in [-0.2, -0.15) is 13.2 Å². The van der Waals surface area contributed by atoms with Crippen molar-refractivity contribution < 1.29 is 34.4 Å². The highest BCUT2D eigenvalue weighted by Crippen LogP contribution is 2.31. The summed E-state index contributed by atoms with van der Waals surface area (Å²) in [6.07, 6.45) is -4.82. The van der Waals surface area contributed by atoms with Gasteiger partial charge in [0.2, 0.25) is 10.0 Å². The highest BCUT2D eigenvalue weighted by molar-refractivity contribution is 7.94. The van der Waals surface area contributed by atoms with Crippen LogP contribution in [0.4, 0.5) is 17.6 Å². The first kappa shape index (κ1) is 16.9. The smallest absolute Gasteiger partial charge is 0.229 e. The van der Waals surface area contributed by atoms with Gasteiger partial charge in [0, 0.05) is 0 Å². The predicted octanol–water partition coefficient (Wildman–Crippen LogP) is 0.907. The Balaban J connectivity index is 3.15. The molecular formula is C9H9F4NO4S2. The molecule has 0 aliphatic heterocycles. The number of halogens is 4. The molecule has 1 aromatic carbocycles. The fourth-order valence-electron chi connectivity index (χ4n) is 1.27. The van der Waals surface area contributed by atoms with Gasteiger partial charge in [-0.25, -0.2) is 26.4 Å². The number of nitrogens with two attached hydrogens (primary N) is 1. The molecule has 0 radical (unpaired) electrons. The molecule has 0 atom stereocenters. The van der Waals surface area contributed by atoms with E-state index >= 15 is 0 Å². The number of primary sulfonamides is 1. The van der Waals surface area contributed by atoms with Gasteiger partial charge in [0.15, 0.2) is 9.84 Å². The van der Waals surface area contributed by atoms with Crippen molar-refractivity contribution in [3.05, 3.63) is 29.6 Å². The highest BCUT2D eigenvalue weighted by Gasteiger charge is 2.32. The summed E-state index contributed by atoms with van der Waals surface area (Å²) in [5, 5.41) is 4.61. The maximum Gasteiger partial charge on any atom is 0.416 e. The molecule has 0 spiro atoms. The van der Waals surface area contributed by atoms with E-state index in [-0.39, 0.29) is 6.07 Å². The Bertz CT molecular complexity index is 710. The Morgan fingerprint density at radius 1 is 1.05 bits per heavy atom.